The van der Waals surface area contributed by atoms with E-state index in [2.05, 4.69) is 37.4 Å². The van der Waals surface area contributed by atoms with Crippen molar-refractivity contribution in [3.63, 3.8) is 0 Å². The van der Waals surface area contributed by atoms with Crippen molar-refractivity contribution in [1.82, 2.24) is 0 Å². The summed E-state index contributed by atoms with van der Waals surface area (Å²) in [6.07, 6.45) is 8.22. The Morgan fingerprint density at radius 2 is 1.21 bits per heavy atom. The molecule has 0 spiro atoms. The first-order chi connectivity index (χ1) is 23.4. The van der Waals surface area contributed by atoms with Crippen molar-refractivity contribution in [2.24, 2.45) is 0 Å². The fraction of sp³-hybridized carbons (Fsp3) is 0.100. The van der Waals surface area contributed by atoms with Crippen LogP contribution in [-0.4, -0.2) is 36.8 Å². The normalized spacial score (nSPS) is 15.7. The van der Waals surface area contributed by atoms with E-state index < -0.39 is 29.0 Å². The largest absolute Gasteiger partial charge is 0.487 e. The Morgan fingerprint density at radius 3 is 1.81 bits per heavy atom. The van der Waals surface area contributed by atoms with Gasteiger partial charge in [-0.15, -0.1) is 6.58 Å². The van der Waals surface area contributed by atoms with Gasteiger partial charge < -0.3 is 9.47 Å². The van der Waals surface area contributed by atoms with Crippen LogP contribution in [0.15, 0.2) is 135 Å². The number of carbonyl (C=O) groups excluding carboxylic acids is 4. The van der Waals surface area contributed by atoms with E-state index in [0.717, 1.165) is 48.7 Å². The van der Waals surface area contributed by atoms with Crippen molar-refractivity contribution < 1.29 is 28.7 Å². The molecule has 4 aromatic carbocycles. The van der Waals surface area contributed by atoms with Crippen LogP contribution in [0.2, 0.25) is 0 Å². The summed E-state index contributed by atoms with van der Waals surface area (Å²) in [4.78, 5) is 54.3. The molecule has 7 rings (SSSR count). The maximum atomic E-state index is 13.1. The van der Waals surface area contributed by atoms with Gasteiger partial charge in [0.1, 0.15) is 12.4 Å². The molecular weight excluding hydrogens is 604 g/mol. The van der Waals surface area contributed by atoms with Crippen LogP contribution in [0.4, 0.5) is 11.4 Å². The van der Waals surface area contributed by atoms with Gasteiger partial charge in [0.2, 0.25) is 0 Å². The van der Waals surface area contributed by atoms with E-state index in [0.29, 0.717) is 18.0 Å². The fourth-order valence-corrected chi connectivity index (χ4v) is 6.88. The Morgan fingerprint density at radius 1 is 0.625 bits per heavy atom. The summed E-state index contributed by atoms with van der Waals surface area (Å²) in [6.45, 7) is 8.15. The second-order valence-electron chi connectivity index (χ2n) is 11.5. The molecule has 0 saturated carbocycles. The van der Waals surface area contributed by atoms with E-state index in [1.807, 2.05) is 48.5 Å². The molecule has 3 aliphatic rings. The predicted molar refractivity (Wildman–Crippen MR) is 183 cm³/mol. The molecule has 4 amide bonds. The Hall–Kier alpha value is -6.12. The standard InChI is InChI=1S/C40H30N2O6/c1-3-19-47-25-26-21-28(23-29(22-26)41-36(43)15-16-37(41)44)40(32-11-7-5-9-30(32)31-10-6-8-12-33(31)40)27-13-14-35(48-20-4-2)34(24-27)42-38(45)17-18-39(42)46/h3-18,21-24H,1-2,19-20,25H2. The highest BCUT2D eigenvalue weighted by Gasteiger charge is 2.47. The van der Waals surface area contributed by atoms with E-state index in [1.165, 1.54) is 24.3 Å². The van der Waals surface area contributed by atoms with E-state index in [9.17, 15) is 19.2 Å². The summed E-state index contributed by atoms with van der Waals surface area (Å²) in [5, 5.41) is 0. The quantitative estimate of drug-likeness (QED) is 0.0980. The minimum atomic E-state index is -1.03. The van der Waals surface area contributed by atoms with Crippen molar-refractivity contribution in [2.75, 3.05) is 23.0 Å². The second kappa shape index (κ2) is 12.2. The van der Waals surface area contributed by atoms with E-state index in [4.69, 9.17) is 9.47 Å². The van der Waals surface area contributed by atoms with Crippen LogP contribution in [0, 0.1) is 0 Å². The molecule has 2 aliphatic heterocycles. The summed E-state index contributed by atoms with van der Waals surface area (Å²) < 4.78 is 11.8. The average molecular weight is 635 g/mol. The lowest BCUT2D eigenvalue weighted by molar-refractivity contribution is -0.121. The molecule has 8 nitrogen and oxygen atoms in total. The maximum Gasteiger partial charge on any atom is 0.258 e. The van der Waals surface area contributed by atoms with Crippen molar-refractivity contribution >= 4 is 35.0 Å². The number of fused-ring (bicyclic) bond motifs is 3. The first kappa shape index (κ1) is 30.5. The van der Waals surface area contributed by atoms with Crippen LogP contribution in [0.5, 0.6) is 5.75 Å². The molecule has 236 valence electrons. The van der Waals surface area contributed by atoms with Crippen LogP contribution >= 0.6 is 0 Å². The topological polar surface area (TPSA) is 93.2 Å². The summed E-state index contributed by atoms with van der Waals surface area (Å²) >= 11 is 0. The third-order valence-electron chi connectivity index (χ3n) is 8.73. The Bertz CT molecular complexity index is 2030. The van der Waals surface area contributed by atoms with Crippen molar-refractivity contribution in [2.45, 2.75) is 12.0 Å². The molecular formula is C40H30N2O6. The van der Waals surface area contributed by atoms with Gasteiger partial charge in [0.15, 0.2) is 0 Å². The van der Waals surface area contributed by atoms with Crippen LogP contribution in [-0.2, 0) is 35.9 Å². The zero-order valence-corrected chi connectivity index (χ0v) is 25.9. The van der Waals surface area contributed by atoms with Gasteiger partial charge in [-0.25, -0.2) is 9.80 Å². The zero-order chi connectivity index (χ0) is 33.4. The molecule has 0 radical (unpaired) electrons. The Kier molecular flexibility index (Phi) is 7.79. The minimum absolute atomic E-state index is 0.162. The highest BCUT2D eigenvalue weighted by atomic mass is 16.5. The number of rotatable bonds is 11. The molecule has 0 fully saturated rings. The summed E-state index contributed by atoms with van der Waals surface area (Å²) in [5.74, 6) is -1.51. The third-order valence-corrected chi connectivity index (χ3v) is 8.73. The summed E-state index contributed by atoms with van der Waals surface area (Å²) in [7, 11) is 0. The SMILES string of the molecule is C=CCOCc1cc(N2C(=O)C=CC2=O)cc(C2(c3ccc(OCC=C)c(N4C(=O)C=CC4=O)c3)c3ccccc3-c3ccccc32)c1. The lowest BCUT2D eigenvalue weighted by Gasteiger charge is -2.35. The van der Waals surface area contributed by atoms with Gasteiger partial charge in [0, 0.05) is 24.3 Å². The lowest BCUT2D eigenvalue weighted by Crippen LogP contribution is -2.33. The summed E-state index contributed by atoms with van der Waals surface area (Å²) in [6, 6.07) is 27.3. The molecule has 0 unspecified atom stereocenters. The van der Waals surface area contributed by atoms with E-state index in [-0.39, 0.29) is 18.9 Å². The van der Waals surface area contributed by atoms with Gasteiger partial charge in [-0.1, -0.05) is 79.4 Å². The fourth-order valence-electron chi connectivity index (χ4n) is 6.88. The molecule has 0 N–H and O–H groups in total. The lowest BCUT2D eigenvalue weighted by atomic mass is 9.67. The van der Waals surface area contributed by atoms with Gasteiger partial charge in [-0.3, -0.25) is 19.2 Å². The summed E-state index contributed by atoms with van der Waals surface area (Å²) in [5.41, 5.74) is 5.78. The number of benzene rings is 4. The van der Waals surface area contributed by atoms with Gasteiger partial charge in [0.05, 0.1) is 30.0 Å². The highest BCUT2D eigenvalue weighted by molar-refractivity contribution is 6.29. The van der Waals surface area contributed by atoms with Crippen LogP contribution < -0.4 is 14.5 Å². The highest BCUT2D eigenvalue weighted by Crippen LogP contribution is 2.57. The van der Waals surface area contributed by atoms with Gasteiger partial charge in [0.25, 0.3) is 23.6 Å². The van der Waals surface area contributed by atoms with Gasteiger partial charge in [-0.2, -0.15) is 0 Å². The number of carbonyl (C=O) groups is 4. The van der Waals surface area contributed by atoms with Crippen molar-refractivity contribution in [3.05, 3.63) is 162 Å². The number of nitrogens with zero attached hydrogens (tertiary/aromatic N) is 2. The molecule has 0 saturated heterocycles. The molecule has 8 heteroatoms. The predicted octanol–water partition coefficient (Wildman–Crippen LogP) is 6.18. The first-order valence-electron chi connectivity index (χ1n) is 15.4. The van der Waals surface area contributed by atoms with Crippen molar-refractivity contribution in [1.29, 1.82) is 0 Å². The Labute approximate surface area is 277 Å². The molecule has 0 bridgehead atoms. The van der Waals surface area contributed by atoms with Crippen LogP contribution in [0.25, 0.3) is 11.1 Å². The van der Waals surface area contributed by atoms with Crippen molar-refractivity contribution in [3.8, 4) is 16.9 Å². The number of anilines is 2. The van der Waals surface area contributed by atoms with Gasteiger partial charge >= 0.3 is 0 Å². The van der Waals surface area contributed by atoms with E-state index in [1.54, 1.807) is 24.3 Å². The molecule has 0 aromatic heterocycles. The van der Waals surface area contributed by atoms with Crippen LogP contribution in [0.3, 0.4) is 0 Å². The number of ether oxygens (including phenoxy) is 2. The molecule has 0 atom stereocenters. The second-order valence-corrected chi connectivity index (χ2v) is 11.5. The third kappa shape index (κ3) is 4.82. The average Bonchev–Trinajstić information content (AvgIpc) is 3.73. The zero-order valence-electron chi connectivity index (χ0n) is 25.9. The Balaban J connectivity index is 1.55. The monoisotopic (exact) mass is 634 g/mol. The number of imide groups is 2. The molecule has 48 heavy (non-hydrogen) atoms. The molecule has 4 aromatic rings. The smallest absolute Gasteiger partial charge is 0.258 e. The molecule has 2 heterocycles. The maximum absolute atomic E-state index is 13.1. The molecule has 1 aliphatic carbocycles. The van der Waals surface area contributed by atoms with Gasteiger partial charge in [-0.05, 0) is 63.2 Å². The first-order valence-corrected chi connectivity index (χ1v) is 15.4. The minimum Gasteiger partial charge on any atom is -0.487 e. The van der Waals surface area contributed by atoms with Crippen LogP contribution in [0.1, 0.15) is 27.8 Å². The van der Waals surface area contributed by atoms with E-state index >= 15 is 0 Å². The number of hydrogen-bond acceptors (Lipinski definition) is 6. The number of amides is 4. The number of hydrogen-bond donors (Lipinski definition) is 0.